The molecule has 0 amide bonds. The van der Waals surface area contributed by atoms with E-state index in [9.17, 15) is 20.4 Å². The van der Waals surface area contributed by atoms with E-state index in [1.807, 2.05) is 13.8 Å². The molecule has 4 unspecified atom stereocenters. The summed E-state index contributed by atoms with van der Waals surface area (Å²) in [7, 11) is 0. The first-order valence-corrected chi connectivity index (χ1v) is 11.2. The van der Waals surface area contributed by atoms with Gasteiger partial charge in [-0.2, -0.15) is 0 Å². The second kappa shape index (κ2) is 14.7. The van der Waals surface area contributed by atoms with Gasteiger partial charge in [-0.15, -0.1) is 0 Å². The minimum absolute atomic E-state index is 0.369. The van der Waals surface area contributed by atoms with Crippen LogP contribution in [0.2, 0.25) is 0 Å². The topological polar surface area (TPSA) is 90.2 Å². The Morgan fingerprint density at radius 2 is 1.00 bits per heavy atom. The van der Waals surface area contributed by atoms with E-state index in [-0.39, 0.29) is 13.2 Å². The van der Waals surface area contributed by atoms with Gasteiger partial charge in [0.1, 0.15) is 12.2 Å². The van der Waals surface area contributed by atoms with Gasteiger partial charge in [0.2, 0.25) is 0 Å². The van der Waals surface area contributed by atoms with E-state index in [4.69, 9.17) is 4.74 Å². The summed E-state index contributed by atoms with van der Waals surface area (Å²) in [4.78, 5) is 0. The summed E-state index contributed by atoms with van der Waals surface area (Å²) < 4.78 is 6.57. The number of hydrogen-bond donors (Lipinski definition) is 4. The molecular weight excluding hydrogens is 344 g/mol. The standard InChI is InChI=1S/C22H46O5/c1-5-9-11-13-15-21(7-3,19(25)17-23)27-22(8-4,20(26)18-24)16-14-12-10-6-2/h19-20,23-26H,5-18H2,1-4H3. The molecule has 4 atom stereocenters. The summed E-state index contributed by atoms with van der Waals surface area (Å²) in [6.07, 6.45) is 8.81. The molecule has 0 aromatic carbocycles. The second-order valence-electron chi connectivity index (χ2n) is 7.96. The third kappa shape index (κ3) is 8.36. The Bertz CT molecular complexity index is 320. The molecule has 0 aromatic heterocycles. The Morgan fingerprint density at radius 3 is 1.26 bits per heavy atom. The molecule has 0 bridgehead atoms. The first-order valence-electron chi connectivity index (χ1n) is 11.2. The third-order valence-electron chi connectivity index (χ3n) is 6.07. The monoisotopic (exact) mass is 390 g/mol. The van der Waals surface area contributed by atoms with Gasteiger partial charge in [-0.05, 0) is 25.7 Å². The minimum Gasteiger partial charge on any atom is -0.394 e. The minimum atomic E-state index is -1.00. The lowest BCUT2D eigenvalue weighted by atomic mass is 9.82. The highest BCUT2D eigenvalue weighted by Crippen LogP contribution is 2.39. The first-order chi connectivity index (χ1) is 12.9. The molecule has 0 fully saturated rings. The highest BCUT2D eigenvalue weighted by atomic mass is 16.6. The van der Waals surface area contributed by atoms with E-state index in [1.165, 1.54) is 0 Å². The zero-order valence-electron chi connectivity index (χ0n) is 18.3. The third-order valence-corrected chi connectivity index (χ3v) is 6.07. The van der Waals surface area contributed by atoms with Crippen LogP contribution in [0.3, 0.4) is 0 Å². The fourth-order valence-electron chi connectivity index (χ4n) is 3.98. The average Bonchev–Trinajstić information content (AvgIpc) is 2.71. The smallest absolute Gasteiger partial charge is 0.106 e. The number of unbranched alkanes of at least 4 members (excludes halogenated alkanes) is 6. The van der Waals surface area contributed by atoms with Crippen LogP contribution in [-0.2, 0) is 4.74 Å². The molecule has 0 aliphatic rings. The van der Waals surface area contributed by atoms with Crippen LogP contribution in [0.1, 0.15) is 105 Å². The lowest BCUT2D eigenvalue weighted by Crippen LogP contribution is -2.57. The van der Waals surface area contributed by atoms with Crippen molar-refractivity contribution in [2.24, 2.45) is 0 Å². The number of rotatable bonds is 18. The van der Waals surface area contributed by atoms with Crippen molar-refractivity contribution in [1.82, 2.24) is 0 Å². The molecular formula is C22H46O5. The molecule has 0 saturated heterocycles. The number of aliphatic hydroxyl groups is 4. The lowest BCUT2D eigenvalue weighted by Gasteiger charge is -2.47. The van der Waals surface area contributed by atoms with Gasteiger partial charge in [0.05, 0.1) is 24.4 Å². The summed E-state index contributed by atoms with van der Waals surface area (Å²) in [5.74, 6) is 0. The van der Waals surface area contributed by atoms with Gasteiger partial charge in [0.15, 0.2) is 0 Å². The van der Waals surface area contributed by atoms with Crippen LogP contribution in [0.25, 0.3) is 0 Å². The maximum Gasteiger partial charge on any atom is 0.106 e. The molecule has 0 heterocycles. The van der Waals surface area contributed by atoms with Gasteiger partial charge in [-0.3, -0.25) is 0 Å². The van der Waals surface area contributed by atoms with E-state index in [0.29, 0.717) is 25.7 Å². The summed E-state index contributed by atoms with van der Waals surface area (Å²) in [6, 6.07) is 0. The summed E-state index contributed by atoms with van der Waals surface area (Å²) in [6.45, 7) is 7.49. The van der Waals surface area contributed by atoms with Crippen molar-refractivity contribution in [3.8, 4) is 0 Å². The van der Waals surface area contributed by atoms with Crippen LogP contribution >= 0.6 is 0 Å². The second-order valence-corrected chi connectivity index (χ2v) is 7.96. The maximum absolute atomic E-state index is 10.6. The van der Waals surface area contributed by atoms with Crippen LogP contribution < -0.4 is 0 Å². The SMILES string of the molecule is CCCCCCC(CC)(OC(CC)(CCCCCC)C(O)CO)C(O)CO. The Kier molecular flexibility index (Phi) is 14.6. The van der Waals surface area contributed by atoms with E-state index in [0.717, 1.165) is 51.4 Å². The predicted molar refractivity (Wildman–Crippen MR) is 111 cm³/mol. The van der Waals surface area contributed by atoms with Crippen molar-refractivity contribution >= 4 is 0 Å². The van der Waals surface area contributed by atoms with Crippen molar-refractivity contribution in [2.75, 3.05) is 13.2 Å². The number of aliphatic hydroxyl groups excluding tert-OH is 4. The molecule has 0 saturated carbocycles. The quantitative estimate of drug-likeness (QED) is 0.266. The zero-order valence-corrected chi connectivity index (χ0v) is 18.3. The first kappa shape index (κ1) is 26.8. The van der Waals surface area contributed by atoms with Crippen LogP contribution in [0, 0.1) is 0 Å². The van der Waals surface area contributed by atoms with Gasteiger partial charge in [-0.25, -0.2) is 0 Å². The van der Waals surface area contributed by atoms with Gasteiger partial charge < -0.3 is 25.2 Å². The van der Waals surface area contributed by atoms with Gasteiger partial charge in [0, 0.05) is 0 Å². The van der Waals surface area contributed by atoms with Crippen LogP contribution in [0.15, 0.2) is 0 Å². The largest absolute Gasteiger partial charge is 0.394 e. The molecule has 4 N–H and O–H groups in total. The average molecular weight is 391 g/mol. The Labute approximate surface area is 167 Å². The molecule has 0 radical (unpaired) electrons. The highest BCUT2D eigenvalue weighted by molar-refractivity contribution is 4.96. The molecule has 5 nitrogen and oxygen atoms in total. The Morgan fingerprint density at radius 1 is 0.630 bits per heavy atom. The van der Waals surface area contributed by atoms with E-state index in [2.05, 4.69) is 13.8 Å². The fourth-order valence-corrected chi connectivity index (χ4v) is 3.98. The van der Waals surface area contributed by atoms with E-state index >= 15 is 0 Å². The van der Waals surface area contributed by atoms with Crippen molar-refractivity contribution < 1.29 is 25.2 Å². The van der Waals surface area contributed by atoms with Crippen molar-refractivity contribution in [1.29, 1.82) is 0 Å². The molecule has 0 aliphatic carbocycles. The maximum atomic E-state index is 10.6. The molecule has 164 valence electrons. The van der Waals surface area contributed by atoms with Crippen molar-refractivity contribution in [3.63, 3.8) is 0 Å². The van der Waals surface area contributed by atoms with E-state index in [1.54, 1.807) is 0 Å². The molecule has 0 rings (SSSR count). The van der Waals surface area contributed by atoms with Gasteiger partial charge in [0.25, 0.3) is 0 Å². The predicted octanol–water partition coefficient (Wildman–Crippen LogP) is 3.95. The number of ether oxygens (including phenoxy) is 1. The molecule has 0 aromatic rings. The number of hydrogen-bond acceptors (Lipinski definition) is 5. The zero-order chi connectivity index (χ0) is 20.8. The van der Waals surface area contributed by atoms with Crippen molar-refractivity contribution in [2.45, 2.75) is 128 Å². The summed E-state index contributed by atoms with van der Waals surface area (Å²) in [5, 5.41) is 40.6. The van der Waals surface area contributed by atoms with Crippen LogP contribution in [-0.4, -0.2) is 57.0 Å². The normalized spacial score (nSPS) is 18.7. The molecule has 0 aliphatic heterocycles. The van der Waals surface area contributed by atoms with Gasteiger partial charge in [-0.1, -0.05) is 79.1 Å². The Balaban J connectivity index is 5.51. The van der Waals surface area contributed by atoms with Gasteiger partial charge >= 0.3 is 0 Å². The molecule has 5 heteroatoms. The Hall–Kier alpha value is -0.200. The van der Waals surface area contributed by atoms with Crippen LogP contribution in [0.4, 0.5) is 0 Å². The summed E-state index contributed by atoms with van der Waals surface area (Å²) in [5.41, 5.74) is -1.81. The molecule has 27 heavy (non-hydrogen) atoms. The van der Waals surface area contributed by atoms with Crippen LogP contribution in [0.5, 0.6) is 0 Å². The summed E-state index contributed by atoms with van der Waals surface area (Å²) >= 11 is 0. The lowest BCUT2D eigenvalue weighted by molar-refractivity contribution is -0.250. The molecule has 0 spiro atoms. The van der Waals surface area contributed by atoms with Crippen molar-refractivity contribution in [3.05, 3.63) is 0 Å². The highest BCUT2D eigenvalue weighted by Gasteiger charge is 2.47. The fraction of sp³-hybridized carbons (Fsp3) is 1.00. The van der Waals surface area contributed by atoms with E-state index < -0.39 is 23.4 Å².